The molecule has 0 bridgehead atoms. The highest BCUT2D eigenvalue weighted by molar-refractivity contribution is 7.32. The van der Waals surface area contributed by atoms with Gasteiger partial charge >= 0.3 is 8.25 Å². The number of nitrogens with two attached hydrogens (primary N) is 1. The lowest BCUT2D eigenvalue weighted by molar-refractivity contribution is 0.0597. The van der Waals surface area contributed by atoms with Crippen molar-refractivity contribution in [3.63, 3.8) is 0 Å². The Labute approximate surface area is 131 Å². The van der Waals surface area contributed by atoms with Crippen LogP contribution in [0.4, 0.5) is 10.2 Å². The second-order valence-corrected chi connectivity index (χ2v) is 6.08. The molecule has 0 aliphatic heterocycles. The van der Waals surface area contributed by atoms with E-state index in [1.165, 1.54) is 12.5 Å². The molecule has 1 aliphatic carbocycles. The molecule has 2 aromatic heterocycles. The quantitative estimate of drug-likeness (QED) is 0.550. The van der Waals surface area contributed by atoms with E-state index >= 15 is 0 Å². The largest absolute Gasteiger partial charge is 0.694 e. The fourth-order valence-electron chi connectivity index (χ4n) is 3.13. The van der Waals surface area contributed by atoms with Crippen molar-refractivity contribution in [2.45, 2.75) is 6.04 Å². The van der Waals surface area contributed by atoms with E-state index in [2.05, 4.69) is 16.5 Å². The minimum Gasteiger partial charge on any atom is -0.396 e. The number of aromatic nitrogens is 3. The molecule has 2 aromatic rings. The molecule has 1 unspecified atom stereocenters. The lowest BCUT2D eigenvalue weighted by Crippen LogP contribution is -2.44. The number of halogens is 1. The Morgan fingerprint density at radius 1 is 1.52 bits per heavy atom. The summed E-state index contributed by atoms with van der Waals surface area (Å²) in [6.07, 6.45) is 2.48. The number of rotatable bonds is 5. The van der Waals surface area contributed by atoms with Crippen LogP contribution in [0.5, 0.6) is 0 Å². The van der Waals surface area contributed by atoms with E-state index < -0.39 is 20.1 Å². The number of nitrogen functional groups attached to an aromatic ring is 1. The van der Waals surface area contributed by atoms with Crippen molar-refractivity contribution < 1.29 is 23.5 Å². The van der Waals surface area contributed by atoms with E-state index in [1.54, 1.807) is 4.57 Å². The lowest BCUT2D eigenvalue weighted by Gasteiger charge is -2.46. The van der Waals surface area contributed by atoms with Gasteiger partial charge in [-0.05, 0) is 5.57 Å². The molecule has 0 aromatic carbocycles. The summed E-state index contributed by atoms with van der Waals surface area (Å²) < 4.78 is 31.1. The molecular formula is C13H15FN4O4P+. The Balaban J connectivity index is 1.95. The monoisotopic (exact) mass is 341 g/mol. The van der Waals surface area contributed by atoms with Gasteiger partial charge in [0.2, 0.25) is 0 Å². The van der Waals surface area contributed by atoms with Gasteiger partial charge in [0.25, 0.3) is 0 Å². The summed E-state index contributed by atoms with van der Waals surface area (Å²) >= 11 is 0. The maximum absolute atomic E-state index is 14.1. The number of hydrogen-bond acceptors (Lipinski definition) is 6. The predicted molar refractivity (Wildman–Crippen MR) is 79.9 cm³/mol. The average molecular weight is 341 g/mol. The molecule has 1 aliphatic rings. The van der Waals surface area contributed by atoms with E-state index in [1.807, 2.05) is 0 Å². The Hall–Kier alpha value is -1.93. The highest BCUT2D eigenvalue weighted by atomic mass is 31.1. The zero-order valence-electron chi connectivity index (χ0n) is 12.0. The molecule has 4 atom stereocenters. The number of hydrogen-bond donors (Lipinski definition) is 3. The van der Waals surface area contributed by atoms with Crippen LogP contribution in [-0.2, 0) is 9.09 Å². The SMILES string of the molecule is C=C1[C@@H](n2cc(F)c3c(N)ncnc32)[C@H](CO)[C@H]1CO[P+](=O)O. The van der Waals surface area contributed by atoms with E-state index in [9.17, 15) is 14.1 Å². The minimum absolute atomic E-state index is 0.0360. The van der Waals surface area contributed by atoms with Crippen LogP contribution in [0, 0.1) is 17.7 Å². The van der Waals surface area contributed by atoms with Crippen LogP contribution < -0.4 is 5.73 Å². The van der Waals surface area contributed by atoms with Crippen LogP contribution in [0.3, 0.4) is 0 Å². The van der Waals surface area contributed by atoms with E-state index in [0.29, 0.717) is 11.2 Å². The van der Waals surface area contributed by atoms with Crippen molar-refractivity contribution in [3.8, 4) is 0 Å². The minimum atomic E-state index is -2.72. The first-order chi connectivity index (χ1) is 11.0. The summed E-state index contributed by atoms with van der Waals surface area (Å²) in [7, 11) is -2.72. The number of nitrogens with zero attached hydrogens (tertiary/aromatic N) is 3. The Bertz CT molecular complexity index is 796. The molecule has 8 nitrogen and oxygen atoms in total. The van der Waals surface area contributed by atoms with Gasteiger partial charge in [0.1, 0.15) is 24.4 Å². The molecule has 0 amide bonds. The van der Waals surface area contributed by atoms with Crippen LogP contribution in [-0.4, -0.2) is 37.7 Å². The number of anilines is 1. The van der Waals surface area contributed by atoms with Crippen LogP contribution >= 0.6 is 8.25 Å². The third-order valence-corrected chi connectivity index (χ3v) is 4.62. The highest BCUT2D eigenvalue weighted by Gasteiger charge is 2.47. The Kier molecular flexibility index (Phi) is 4.11. The van der Waals surface area contributed by atoms with Gasteiger partial charge in [-0.2, -0.15) is 0 Å². The van der Waals surface area contributed by atoms with Gasteiger partial charge in [-0.1, -0.05) is 6.58 Å². The van der Waals surface area contributed by atoms with Crippen LogP contribution in [0.1, 0.15) is 6.04 Å². The van der Waals surface area contributed by atoms with Gasteiger partial charge in [-0.25, -0.2) is 14.4 Å². The molecule has 1 fully saturated rings. The summed E-state index contributed by atoms with van der Waals surface area (Å²) in [6, 6.07) is -0.397. The zero-order chi connectivity index (χ0) is 16.7. The van der Waals surface area contributed by atoms with Crippen LogP contribution in [0.25, 0.3) is 11.0 Å². The molecule has 0 radical (unpaired) electrons. The summed E-state index contributed by atoms with van der Waals surface area (Å²) in [6.45, 7) is 3.69. The molecule has 122 valence electrons. The molecule has 3 rings (SSSR count). The van der Waals surface area contributed by atoms with Gasteiger partial charge in [-0.15, -0.1) is 9.42 Å². The van der Waals surface area contributed by atoms with Crippen molar-refractivity contribution in [1.82, 2.24) is 14.5 Å². The molecular weight excluding hydrogens is 326 g/mol. The molecule has 10 heteroatoms. The molecule has 0 saturated heterocycles. The average Bonchev–Trinajstić information content (AvgIpc) is 2.82. The zero-order valence-corrected chi connectivity index (χ0v) is 12.9. The third-order valence-electron chi connectivity index (χ3n) is 4.25. The topological polar surface area (TPSA) is 123 Å². The van der Waals surface area contributed by atoms with Crippen LogP contribution in [0.15, 0.2) is 24.7 Å². The van der Waals surface area contributed by atoms with Gasteiger partial charge in [-0.3, -0.25) is 0 Å². The van der Waals surface area contributed by atoms with Gasteiger partial charge in [0.05, 0.1) is 11.4 Å². The fourth-order valence-corrected chi connectivity index (χ4v) is 3.42. The van der Waals surface area contributed by atoms with Crippen molar-refractivity contribution in [2.75, 3.05) is 18.9 Å². The summed E-state index contributed by atoms with van der Waals surface area (Å²) in [5.41, 5.74) is 6.66. The van der Waals surface area contributed by atoms with Gasteiger partial charge < -0.3 is 15.4 Å². The summed E-state index contributed by atoms with van der Waals surface area (Å²) in [5.74, 6) is -1.14. The molecule has 4 N–H and O–H groups in total. The van der Waals surface area contributed by atoms with Gasteiger partial charge in [0, 0.05) is 29.2 Å². The van der Waals surface area contributed by atoms with Crippen molar-refractivity contribution >= 4 is 25.1 Å². The third kappa shape index (κ3) is 2.51. The van der Waals surface area contributed by atoms with E-state index in [-0.39, 0.29) is 36.3 Å². The smallest absolute Gasteiger partial charge is 0.396 e. The number of fused-ring (bicyclic) bond motifs is 1. The van der Waals surface area contributed by atoms with Crippen LogP contribution in [0.2, 0.25) is 0 Å². The van der Waals surface area contributed by atoms with E-state index in [0.717, 1.165) is 0 Å². The molecule has 0 spiro atoms. The first-order valence-electron chi connectivity index (χ1n) is 6.80. The highest BCUT2D eigenvalue weighted by Crippen LogP contribution is 2.50. The molecule has 2 heterocycles. The van der Waals surface area contributed by atoms with Gasteiger partial charge in [0.15, 0.2) is 5.82 Å². The standard InChI is InChI=1S/C13H14FN4O4P/c1-6-8(4-22-23(20)21)7(3-19)11(6)18-2-9(14)10-12(15)16-5-17-13(10)18/h2,5,7-8,11,19H,1,3-4H2,(H2-,15,16,17,20,21)/p+1/t7-,8+,11-/m1/s1. The number of aliphatic hydroxyl groups is 1. The normalized spacial score (nSPS) is 24.7. The second-order valence-electron chi connectivity index (χ2n) is 5.35. The Morgan fingerprint density at radius 2 is 2.26 bits per heavy atom. The lowest BCUT2D eigenvalue weighted by atomic mass is 9.66. The van der Waals surface area contributed by atoms with E-state index in [4.69, 9.17) is 15.2 Å². The maximum Gasteiger partial charge on any atom is 0.694 e. The summed E-state index contributed by atoms with van der Waals surface area (Å²) in [5, 5.41) is 9.73. The first kappa shape index (κ1) is 15.9. The van der Waals surface area contributed by atoms with Crippen molar-refractivity contribution in [2.24, 2.45) is 11.8 Å². The van der Waals surface area contributed by atoms with Crippen molar-refractivity contribution in [3.05, 3.63) is 30.5 Å². The number of aliphatic hydroxyl groups excluding tert-OH is 1. The molecule has 1 saturated carbocycles. The predicted octanol–water partition coefficient (Wildman–Crippen LogP) is 1.15. The molecule has 23 heavy (non-hydrogen) atoms. The summed E-state index contributed by atoms with van der Waals surface area (Å²) in [4.78, 5) is 16.6. The maximum atomic E-state index is 14.1. The first-order valence-corrected chi connectivity index (χ1v) is 7.93. The second kappa shape index (κ2) is 5.93. The fraction of sp³-hybridized carbons (Fsp3) is 0.385. The van der Waals surface area contributed by atoms with Crippen molar-refractivity contribution in [1.29, 1.82) is 0 Å². The Morgan fingerprint density at radius 3 is 2.91 bits per heavy atom.